The maximum absolute atomic E-state index is 9.48. The molecule has 0 bridgehead atoms. The van der Waals surface area contributed by atoms with Crippen LogP contribution in [0.25, 0.3) is 53.6 Å². The zero-order valence-electron chi connectivity index (χ0n) is 32.9. The van der Waals surface area contributed by atoms with Gasteiger partial charge in [-0.05, 0) is 86.9 Å². The van der Waals surface area contributed by atoms with Crippen LogP contribution in [0.1, 0.15) is 34.6 Å². The number of benzene rings is 7. The predicted molar refractivity (Wildman–Crippen MR) is 202 cm³/mol. The van der Waals surface area contributed by atoms with Crippen molar-refractivity contribution in [2.24, 2.45) is 0 Å². The van der Waals surface area contributed by atoms with Gasteiger partial charge in [-0.1, -0.05) is 135 Å². The lowest BCUT2D eigenvalue weighted by atomic mass is 9.81. The van der Waals surface area contributed by atoms with E-state index in [9.17, 15) is 1.37 Å². The Morgan fingerprint density at radius 1 is 0.553 bits per heavy atom. The van der Waals surface area contributed by atoms with E-state index in [1.165, 1.54) is 11.1 Å². The number of hydrogen-bond donors (Lipinski definition) is 0. The molecule has 224 valence electrons. The SMILES string of the molecule is [2H]c1c([2H])c([2H])c2c(sc3c([2H])c([2H])c([2H])c(N(c4ccc(-c5ccccc5)cc4)c4ccc5c(c4)C(C)(C)c4cccc(-c6ccccc6)c4-5)c32)c1[2H]. The number of rotatable bonds is 5. The molecule has 0 amide bonds. The molecule has 7 aromatic carbocycles. The van der Waals surface area contributed by atoms with E-state index in [0.717, 1.165) is 50.4 Å². The van der Waals surface area contributed by atoms with Gasteiger partial charge in [0.25, 0.3) is 0 Å². The lowest BCUT2D eigenvalue weighted by Crippen LogP contribution is -2.16. The second kappa shape index (κ2) is 10.8. The summed E-state index contributed by atoms with van der Waals surface area (Å²) < 4.78 is 62.9. The van der Waals surface area contributed by atoms with Crippen molar-refractivity contribution in [3.8, 4) is 33.4 Å². The van der Waals surface area contributed by atoms with Crippen LogP contribution in [0.2, 0.25) is 0 Å². The summed E-state index contributed by atoms with van der Waals surface area (Å²) in [4.78, 5) is 1.93. The standard InChI is InChI=1S/C45H33NS/c1-45(2)38-19-11-18-35(32-15-7-4-8-16-32)43(38)36-28-27-34(29-39(36)45)46(33-25-23-31(24-26-33)30-13-5-3-6-14-30)40-20-12-22-42-44(40)37-17-9-10-21-41(37)47-42/h3-29H,1-2H3/i9D,10D,12D,17D,20D,21D,22D. The molecule has 1 heterocycles. The zero-order valence-corrected chi connectivity index (χ0v) is 26.7. The molecule has 0 spiro atoms. The van der Waals surface area contributed by atoms with Crippen LogP contribution >= 0.6 is 11.3 Å². The average Bonchev–Trinajstić information content (AvgIpc) is 3.71. The molecule has 0 radical (unpaired) electrons. The van der Waals surface area contributed by atoms with Gasteiger partial charge in [-0.15, -0.1) is 11.3 Å². The van der Waals surface area contributed by atoms with Crippen LogP contribution in [0.15, 0.2) is 164 Å². The van der Waals surface area contributed by atoms with Gasteiger partial charge in [0, 0.05) is 37.0 Å². The van der Waals surface area contributed by atoms with E-state index in [2.05, 4.69) is 68.4 Å². The molecule has 0 unspecified atom stereocenters. The Labute approximate surface area is 289 Å². The van der Waals surface area contributed by atoms with Crippen molar-refractivity contribution in [3.63, 3.8) is 0 Å². The summed E-state index contributed by atoms with van der Waals surface area (Å²) in [5.74, 6) is 0. The average molecular weight is 627 g/mol. The Morgan fingerprint density at radius 3 is 2.02 bits per heavy atom. The highest BCUT2D eigenvalue weighted by Crippen LogP contribution is 2.54. The van der Waals surface area contributed by atoms with Crippen molar-refractivity contribution < 1.29 is 9.60 Å². The second-order valence-electron chi connectivity index (χ2n) is 12.4. The molecule has 1 nitrogen and oxygen atoms in total. The van der Waals surface area contributed by atoms with Gasteiger partial charge in [-0.2, -0.15) is 0 Å². The highest BCUT2D eigenvalue weighted by Gasteiger charge is 2.37. The van der Waals surface area contributed by atoms with E-state index < -0.39 is 0 Å². The number of fused-ring (bicyclic) bond motifs is 6. The van der Waals surface area contributed by atoms with E-state index in [4.69, 9.17) is 8.22 Å². The molecule has 0 N–H and O–H groups in total. The second-order valence-corrected chi connectivity index (χ2v) is 13.5. The Bertz CT molecular complexity index is 2810. The van der Waals surface area contributed by atoms with E-state index in [0.29, 0.717) is 26.2 Å². The largest absolute Gasteiger partial charge is 0.310 e. The first kappa shape index (κ1) is 21.4. The third kappa shape index (κ3) is 4.44. The van der Waals surface area contributed by atoms with Crippen molar-refractivity contribution in [3.05, 3.63) is 175 Å². The lowest BCUT2D eigenvalue weighted by Gasteiger charge is -2.29. The number of nitrogens with zero attached hydrogens (tertiary/aromatic N) is 1. The van der Waals surface area contributed by atoms with Crippen LogP contribution in [0.4, 0.5) is 17.1 Å². The molecule has 0 saturated heterocycles. The smallest absolute Gasteiger partial charge is 0.0645 e. The van der Waals surface area contributed by atoms with Crippen LogP contribution in [0, 0.1) is 0 Å². The first-order valence-corrected chi connectivity index (χ1v) is 16.5. The quantitative estimate of drug-likeness (QED) is 0.184. The Kier molecular flexibility index (Phi) is 4.92. The van der Waals surface area contributed by atoms with E-state index in [1.54, 1.807) is 0 Å². The fourth-order valence-corrected chi connectivity index (χ4v) is 8.09. The van der Waals surface area contributed by atoms with Gasteiger partial charge in [-0.3, -0.25) is 0 Å². The van der Waals surface area contributed by atoms with E-state index >= 15 is 0 Å². The molecular weight excluding hydrogens is 587 g/mol. The number of thiophene rings is 1. The van der Waals surface area contributed by atoms with E-state index in [-0.39, 0.29) is 53.1 Å². The summed E-state index contributed by atoms with van der Waals surface area (Å²) in [5.41, 5.74) is 10.3. The molecular formula is C45H33NS. The van der Waals surface area contributed by atoms with Crippen LogP contribution in [0.3, 0.4) is 0 Å². The van der Waals surface area contributed by atoms with Crippen molar-refractivity contribution >= 4 is 48.6 Å². The third-order valence-electron chi connectivity index (χ3n) is 9.41. The maximum Gasteiger partial charge on any atom is 0.0645 e. The summed E-state index contributed by atoms with van der Waals surface area (Å²) in [6, 6.07) is 39.5. The maximum atomic E-state index is 9.48. The fraction of sp³-hybridized carbons (Fsp3) is 0.0667. The van der Waals surface area contributed by atoms with Gasteiger partial charge in [0.2, 0.25) is 0 Å². The molecule has 0 aliphatic heterocycles. The Morgan fingerprint density at radius 2 is 1.23 bits per heavy atom. The monoisotopic (exact) mass is 626 g/mol. The van der Waals surface area contributed by atoms with Gasteiger partial charge in [-0.25, -0.2) is 0 Å². The molecule has 1 aliphatic carbocycles. The molecule has 0 saturated carbocycles. The molecule has 47 heavy (non-hydrogen) atoms. The molecule has 0 fully saturated rings. The molecule has 0 atom stereocenters. The van der Waals surface area contributed by atoms with Gasteiger partial charge in [0.1, 0.15) is 0 Å². The first-order valence-electron chi connectivity index (χ1n) is 19.2. The molecule has 9 rings (SSSR count). The van der Waals surface area contributed by atoms with Crippen molar-refractivity contribution in [1.29, 1.82) is 0 Å². The summed E-state index contributed by atoms with van der Waals surface area (Å²) in [5, 5.41) is 0.625. The molecule has 1 aromatic heterocycles. The van der Waals surface area contributed by atoms with Crippen molar-refractivity contribution in [1.82, 2.24) is 0 Å². The topological polar surface area (TPSA) is 3.24 Å². The van der Waals surface area contributed by atoms with Crippen LogP contribution in [-0.4, -0.2) is 0 Å². The predicted octanol–water partition coefficient (Wildman–Crippen LogP) is 13.2. The van der Waals surface area contributed by atoms with Crippen molar-refractivity contribution in [2.45, 2.75) is 19.3 Å². The molecule has 8 aromatic rings. The minimum atomic E-state index is -0.382. The minimum absolute atomic E-state index is 0.171. The number of hydrogen-bond acceptors (Lipinski definition) is 2. The Balaban J connectivity index is 1.35. The van der Waals surface area contributed by atoms with Crippen LogP contribution in [-0.2, 0) is 5.41 Å². The summed E-state index contributed by atoms with van der Waals surface area (Å²) in [6.07, 6.45) is 0. The lowest BCUT2D eigenvalue weighted by molar-refractivity contribution is 0.660. The zero-order chi connectivity index (χ0) is 37.6. The van der Waals surface area contributed by atoms with Crippen LogP contribution in [0.5, 0.6) is 0 Å². The molecule has 1 aliphatic rings. The van der Waals surface area contributed by atoms with Crippen molar-refractivity contribution in [2.75, 3.05) is 4.90 Å². The summed E-state index contributed by atoms with van der Waals surface area (Å²) in [7, 11) is 0. The normalized spacial score (nSPS) is 15.1. The summed E-state index contributed by atoms with van der Waals surface area (Å²) in [6.45, 7) is 4.45. The first-order chi connectivity index (χ1) is 26.0. The highest BCUT2D eigenvalue weighted by atomic mass is 32.1. The number of anilines is 3. The summed E-state index contributed by atoms with van der Waals surface area (Å²) >= 11 is 1.08. The Hall–Kier alpha value is -5.44. The van der Waals surface area contributed by atoms with Gasteiger partial charge >= 0.3 is 0 Å². The highest BCUT2D eigenvalue weighted by molar-refractivity contribution is 7.26. The minimum Gasteiger partial charge on any atom is -0.310 e. The third-order valence-corrected chi connectivity index (χ3v) is 10.4. The van der Waals surface area contributed by atoms with Crippen LogP contribution < -0.4 is 4.90 Å². The van der Waals surface area contributed by atoms with Gasteiger partial charge in [0.15, 0.2) is 0 Å². The van der Waals surface area contributed by atoms with Gasteiger partial charge in [0.05, 0.1) is 15.3 Å². The molecule has 2 heteroatoms. The fourth-order valence-electron chi connectivity index (χ4n) is 7.13. The van der Waals surface area contributed by atoms with Gasteiger partial charge < -0.3 is 4.90 Å². The van der Waals surface area contributed by atoms with E-state index in [1.807, 2.05) is 71.6 Å².